The van der Waals surface area contributed by atoms with Gasteiger partial charge in [-0.1, -0.05) is 37.3 Å². The number of benzene rings is 1. The number of carbonyl (C=O) groups is 1. The molecule has 0 atom stereocenters. The van der Waals surface area contributed by atoms with Crippen LogP contribution in [0, 0.1) is 6.92 Å². The van der Waals surface area contributed by atoms with Crippen LogP contribution in [0.1, 0.15) is 30.9 Å². The number of nitrogens with one attached hydrogen (secondary N) is 1. The molecule has 0 bridgehead atoms. The normalized spacial score (nSPS) is 10.6. The summed E-state index contributed by atoms with van der Waals surface area (Å²) >= 11 is 1.27. The predicted octanol–water partition coefficient (Wildman–Crippen LogP) is 2.99. The van der Waals surface area contributed by atoms with Gasteiger partial charge in [0.05, 0.1) is 0 Å². The van der Waals surface area contributed by atoms with E-state index in [2.05, 4.69) is 29.4 Å². The summed E-state index contributed by atoms with van der Waals surface area (Å²) in [5, 5.41) is 10.5. The lowest BCUT2D eigenvalue weighted by Gasteiger charge is -2.14. The van der Waals surface area contributed by atoms with E-state index >= 15 is 0 Å². The average Bonchev–Trinajstić information content (AvgIpc) is 2.89. The molecule has 0 aliphatic heterocycles. The largest absolute Gasteiger partial charge is 0.483 e. The molecular weight excluding hydrogens is 274 g/mol. The first-order valence-electron chi connectivity index (χ1n) is 6.35. The molecule has 1 amide bonds. The number of hydrogen-bond acceptors (Lipinski definition) is 5. The molecule has 0 aliphatic rings. The van der Waals surface area contributed by atoms with Gasteiger partial charge >= 0.3 is 0 Å². The number of carbonyl (C=O) groups excluding carboxylic acids is 1. The minimum absolute atomic E-state index is 0.0389. The Bertz CT molecular complexity index is 582. The van der Waals surface area contributed by atoms with Crippen molar-refractivity contribution in [3.63, 3.8) is 0 Å². The first-order valence-corrected chi connectivity index (χ1v) is 7.23. The molecular formula is C14H17N3O2S. The monoisotopic (exact) mass is 291 g/mol. The molecule has 0 saturated heterocycles. The van der Waals surface area contributed by atoms with E-state index in [0.29, 0.717) is 11.0 Å². The number of hydrogen-bond donors (Lipinski definition) is 1. The second-order valence-corrected chi connectivity index (χ2v) is 5.61. The molecule has 1 aromatic carbocycles. The fourth-order valence-corrected chi connectivity index (χ4v) is 2.23. The maximum Gasteiger partial charge on any atom is 0.264 e. The van der Waals surface area contributed by atoms with Gasteiger partial charge in [0.15, 0.2) is 6.61 Å². The Morgan fingerprint density at radius 3 is 2.90 bits per heavy atom. The highest BCUT2D eigenvalue weighted by Crippen LogP contribution is 2.27. The van der Waals surface area contributed by atoms with E-state index in [-0.39, 0.29) is 12.5 Å². The summed E-state index contributed by atoms with van der Waals surface area (Å²) in [6, 6.07) is 6.04. The number of amides is 1. The van der Waals surface area contributed by atoms with Gasteiger partial charge in [-0.3, -0.25) is 10.1 Å². The van der Waals surface area contributed by atoms with Crippen molar-refractivity contribution < 1.29 is 9.53 Å². The van der Waals surface area contributed by atoms with Crippen LogP contribution in [0.5, 0.6) is 5.75 Å². The van der Waals surface area contributed by atoms with E-state index in [1.807, 2.05) is 25.1 Å². The molecule has 0 aliphatic carbocycles. The lowest BCUT2D eigenvalue weighted by atomic mass is 10.0. The van der Waals surface area contributed by atoms with E-state index < -0.39 is 0 Å². The van der Waals surface area contributed by atoms with Gasteiger partial charge in [-0.25, -0.2) is 0 Å². The maximum atomic E-state index is 11.8. The highest BCUT2D eigenvalue weighted by molar-refractivity contribution is 7.13. The number of ether oxygens (including phenoxy) is 1. The van der Waals surface area contributed by atoms with Gasteiger partial charge in [-0.2, -0.15) is 0 Å². The van der Waals surface area contributed by atoms with Crippen LogP contribution in [0.2, 0.25) is 0 Å². The van der Waals surface area contributed by atoms with E-state index in [1.54, 1.807) is 5.51 Å². The molecule has 0 saturated carbocycles. The van der Waals surface area contributed by atoms with Crippen LogP contribution in [-0.4, -0.2) is 22.7 Å². The number of aryl methyl sites for hydroxylation is 1. The summed E-state index contributed by atoms with van der Waals surface area (Å²) in [5.41, 5.74) is 3.77. The fraction of sp³-hybridized carbons (Fsp3) is 0.357. The van der Waals surface area contributed by atoms with Crippen molar-refractivity contribution in [1.29, 1.82) is 0 Å². The lowest BCUT2D eigenvalue weighted by molar-refractivity contribution is -0.118. The molecule has 1 heterocycles. The summed E-state index contributed by atoms with van der Waals surface area (Å²) < 4.78 is 5.63. The van der Waals surface area contributed by atoms with Gasteiger partial charge in [0.1, 0.15) is 11.3 Å². The molecule has 1 N–H and O–H groups in total. The molecule has 20 heavy (non-hydrogen) atoms. The van der Waals surface area contributed by atoms with Crippen molar-refractivity contribution >= 4 is 22.4 Å². The second-order valence-electron chi connectivity index (χ2n) is 4.78. The molecule has 0 radical (unpaired) electrons. The Morgan fingerprint density at radius 1 is 1.45 bits per heavy atom. The van der Waals surface area contributed by atoms with Crippen LogP contribution >= 0.6 is 11.3 Å². The highest BCUT2D eigenvalue weighted by Gasteiger charge is 2.11. The summed E-state index contributed by atoms with van der Waals surface area (Å²) in [4.78, 5) is 11.8. The van der Waals surface area contributed by atoms with Crippen LogP contribution in [0.4, 0.5) is 5.13 Å². The minimum Gasteiger partial charge on any atom is -0.483 e. The van der Waals surface area contributed by atoms with Gasteiger partial charge < -0.3 is 4.74 Å². The van der Waals surface area contributed by atoms with E-state index in [0.717, 1.165) is 16.9 Å². The van der Waals surface area contributed by atoms with Crippen LogP contribution in [0.3, 0.4) is 0 Å². The zero-order valence-corrected chi connectivity index (χ0v) is 12.5. The Hall–Kier alpha value is -1.95. The molecule has 106 valence electrons. The maximum absolute atomic E-state index is 11.8. The summed E-state index contributed by atoms with van der Waals surface area (Å²) in [7, 11) is 0. The minimum atomic E-state index is -0.238. The molecule has 2 aromatic rings. The first-order chi connectivity index (χ1) is 9.56. The smallest absolute Gasteiger partial charge is 0.264 e. The van der Waals surface area contributed by atoms with Crippen molar-refractivity contribution in [2.24, 2.45) is 0 Å². The van der Waals surface area contributed by atoms with Crippen molar-refractivity contribution in [3.05, 3.63) is 34.8 Å². The van der Waals surface area contributed by atoms with Gasteiger partial charge in [0.25, 0.3) is 5.91 Å². The molecule has 0 fully saturated rings. The molecule has 1 aromatic heterocycles. The topological polar surface area (TPSA) is 64.1 Å². The number of anilines is 1. The van der Waals surface area contributed by atoms with E-state index in [1.165, 1.54) is 11.3 Å². The van der Waals surface area contributed by atoms with E-state index in [9.17, 15) is 4.79 Å². The van der Waals surface area contributed by atoms with Gasteiger partial charge in [-0.05, 0) is 30.0 Å². The van der Waals surface area contributed by atoms with Crippen LogP contribution in [0.15, 0.2) is 23.7 Å². The summed E-state index contributed by atoms with van der Waals surface area (Å²) in [5.74, 6) is 0.863. The summed E-state index contributed by atoms with van der Waals surface area (Å²) in [6.07, 6.45) is 0. The Labute approximate surface area is 122 Å². The molecule has 5 nitrogen and oxygen atoms in total. The van der Waals surface area contributed by atoms with Gasteiger partial charge in [0.2, 0.25) is 5.13 Å². The zero-order valence-electron chi connectivity index (χ0n) is 11.7. The second kappa shape index (κ2) is 6.47. The standard InChI is InChI=1S/C14H17N3O2S/c1-9(2)11-5-4-10(3)6-12(11)19-7-13(18)16-14-17-15-8-20-14/h4-6,8-9H,7H2,1-3H3,(H,16,17,18). The molecule has 6 heteroatoms. The Morgan fingerprint density at radius 2 is 2.25 bits per heavy atom. The SMILES string of the molecule is Cc1ccc(C(C)C)c(OCC(=O)Nc2nncs2)c1. The zero-order chi connectivity index (χ0) is 14.5. The van der Waals surface area contributed by atoms with Crippen LogP contribution in [-0.2, 0) is 4.79 Å². The quantitative estimate of drug-likeness (QED) is 0.919. The molecule has 0 spiro atoms. The van der Waals surface area contributed by atoms with Crippen LogP contribution in [0.25, 0.3) is 0 Å². The molecule has 2 rings (SSSR count). The first kappa shape index (κ1) is 14.5. The van der Waals surface area contributed by atoms with Crippen molar-refractivity contribution in [2.75, 3.05) is 11.9 Å². The average molecular weight is 291 g/mol. The van der Waals surface area contributed by atoms with E-state index in [4.69, 9.17) is 4.74 Å². The third-order valence-corrected chi connectivity index (χ3v) is 3.36. The Kier molecular flexibility index (Phi) is 4.68. The van der Waals surface area contributed by atoms with Gasteiger partial charge in [-0.15, -0.1) is 10.2 Å². The predicted molar refractivity (Wildman–Crippen MR) is 79.3 cm³/mol. The molecule has 0 unspecified atom stereocenters. The fourth-order valence-electron chi connectivity index (χ4n) is 1.77. The highest BCUT2D eigenvalue weighted by atomic mass is 32.1. The van der Waals surface area contributed by atoms with Crippen molar-refractivity contribution in [3.8, 4) is 5.75 Å². The third kappa shape index (κ3) is 3.77. The van der Waals surface area contributed by atoms with Crippen molar-refractivity contribution in [1.82, 2.24) is 10.2 Å². The third-order valence-electron chi connectivity index (χ3n) is 2.76. The summed E-state index contributed by atoms with van der Waals surface area (Å²) in [6.45, 7) is 6.15. The number of nitrogens with zero attached hydrogens (tertiary/aromatic N) is 2. The van der Waals surface area contributed by atoms with Crippen molar-refractivity contribution in [2.45, 2.75) is 26.7 Å². The lowest BCUT2D eigenvalue weighted by Crippen LogP contribution is -2.20. The Balaban J connectivity index is 1.99. The van der Waals surface area contributed by atoms with Crippen LogP contribution < -0.4 is 10.1 Å². The number of aromatic nitrogens is 2. The number of rotatable bonds is 5. The van der Waals surface area contributed by atoms with Gasteiger partial charge in [0, 0.05) is 0 Å².